The maximum absolute atomic E-state index is 12.8. The van der Waals surface area contributed by atoms with E-state index in [0.29, 0.717) is 29.0 Å². The number of nitrogens with zero attached hydrogens (tertiary/aromatic N) is 4. The highest BCUT2D eigenvalue weighted by molar-refractivity contribution is 7.99. The first-order valence-electron chi connectivity index (χ1n) is 10.2. The predicted octanol–water partition coefficient (Wildman–Crippen LogP) is 2.48. The summed E-state index contributed by atoms with van der Waals surface area (Å²) >= 11 is 1.55. The highest BCUT2D eigenvalue weighted by Crippen LogP contribution is 2.31. The lowest BCUT2D eigenvalue weighted by atomic mass is 9.88. The van der Waals surface area contributed by atoms with Crippen molar-refractivity contribution in [3.63, 3.8) is 0 Å². The standard InChI is InChI=1S/C22H25N5O2S/c1-14(2)15-10-26(11-15)16-3-4-20-19(7-16)18(5-6-24-20)22(29)25-9-21(28)27-13-30-12-17(27)8-23/h3-7,14-15,17H,9-13H2,1-2H3,(H,25,29)/t17-/m1/s1. The second kappa shape index (κ2) is 8.52. The molecule has 7 nitrogen and oxygen atoms in total. The van der Waals surface area contributed by atoms with E-state index in [9.17, 15) is 9.59 Å². The number of nitrogens with one attached hydrogen (secondary N) is 1. The second-order valence-electron chi connectivity index (χ2n) is 8.16. The predicted molar refractivity (Wildman–Crippen MR) is 118 cm³/mol. The smallest absolute Gasteiger partial charge is 0.252 e. The van der Waals surface area contributed by atoms with Crippen molar-refractivity contribution in [2.75, 3.05) is 36.2 Å². The molecule has 0 radical (unpaired) electrons. The molecule has 0 bridgehead atoms. The highest BCUT2D eigenvalue weighted by atomic mass is 32.2. The van der Waals surface area contributed by atoms with Crippen molar-refractivity contribution in [2.24, 2.45) is 11.8 Å². The molecule has 1 aromatic heterocycles. The van der Waals surface area contributed by atoms with Crippen LogP contribution in [0.3, 0.4) is 0 Å². The van der Waals surface area contributed by atoms with E-state index in [1.165, 1.54) is 4.90 Å². The van der Waals surface area contributed by atoms with Gasteiger partial charge < -0.3 is 15.1 Å². The summed E-state index contributed by atoms with van der Waals surface area (Å²) in [6, 6.07) is 9.39. The third kappa shape index (κ3) is 3.94. The molecular weight excluding hydrogens is 398 g/mol. The van der Waals surface area contributed by atoms with Crippen molar-refractivity contribution in [3.05, 3.63) is 36.0 Å². The van der Waals surface area contributed by atoms with Gasteiger partial charge in [0.1, 0.15) is 6.04 Å². The molecule has 0 unspecified atom stereocenters. The molecule has 30 heavy (non-hydrogen) atoms. The Morgan fingerprint density at radius 1 is 1.33 bits per heavy atom. The van der Waals surface area contributed by atoms with Gasteiger partial charge in [0.15, 0.2) is 0 Å². The zero-order valence-corrected chi connectivity index (χ0v) is 18.0. The van der Waals surface area contributed by atoms with Crippen molar-refractivity contribution in [2.45, 2.75) is 19.9 Å². The maximum atomic E-state index is 12.8. The van der Waals surface area contributed by atoms with E-state index in [1.54, 1.807) is 24.0 Å². The molecule has 156 valence electrons. The third-order valence-electron chi connectivity index (χ3n) is 5.94. The summed E-state index contributed by atoms with van der Waals surface area (Å²) in [5.41, 5.74) is 2.34. The van der Waals surface area contributed by atoms with Crippen LogP contribution in [0.1, 0.15) is 24.2 Å². The summed E-state index contributed by atoms with van der Waals surface area (Å²) in [5, 5.41) is 12.6. The highest BCUT2D eigenvalue weighted by Gasteiger charge is 2.30. The first-order valence-corrected chi connectivity index (χ1v) is 11.3. The Hall–Kier alpha value is -2.79. The SMILES string of the molecule is CC(C)C1CN(c2ccc3nccc(C(=O)NCC(=O)N4CSC[C@H]4C#N)c3c2)C1. The number of hydrogen-bond acceptors (Lipinski definition) is 6. The van der Waals surface area contributed by atoms with E-state index >= 15 is 0 Å². The van der Waals surface area contributed by atoms with Crippen molar-refractivity contribution in [1.29, 1.82) is 5.26 Å². The monoisotopic (exact) mass is 423 g/mol. The average molecular weight is 424 g/mol. The van der Waals surface area contributed by atoms with Gasteiger partial charge in [0.05, 0.1) is 29.6 Å². The Morgan fingerprint density at radius 2 is 2.13 bits per heavy atom. The van der Waals surface area contributed by atoms with Crippen LogP contribution in [0.15, 0.2) is 30.5 Å². The Kier molecular flexibility index (Phi) is 5.82. The summed E-state index contributed by atoms with van der Waals surface area (Å²) in [6.07, 6.45) is 1.61. The van der Waals surface area contributed by atoms with Crippen LogP contribution in [0.25, 0.3) is 10.9 Å². The number of fused-ring (bicyclic) bond motifs is 1. The topological polar surface area (TPSA) is 89.3 Å². The minimum absolute atomic E-state index is 0.122. The number of rotatable bonds is 5. The summed E-state index contributed by atoms with van der Waals surface area (Å²) in [4.78, 5) is 33.5. The molecule has 1 atom stereocenters. The lowest BCUT2D eigenvalue weighted by molar-refractivity contribution is -0.129. The van der Waals surface area contributed by atoms with Crippen LogP contribution < -0.4 is 10.2 Å². The molecule has 2 aliphatic rings. The van der Waals surface area contributed by atoms with Crippen LogP contribution in [0.2, 0.25) is 0 Å². The third-order valence-corrected chi connectivity index (χ3v) is 6.95. The van der Waals surface area contributed by atoms with E-state index in [4.69, 9.17) is 5.26 Å². The number of pyridine rings is 1. The molecular formula is C22H25N5O2S. The molecule has 2 aromatic rings. The van der Waals surface area contributed by atoms with E-state index in [1.807, 2.05) is 18.2 Å². The molecule has 0 spiro atoms. The van der Waals surface area contributed by atoms with Crippen LogP contribution in [0.5, 0.6) is 0 Å². The number of hydrogen-bond donors (Lipinski definition) is 1. The van der Waals surface area contributed by atoms with Crippen molar-refractivity contribution >= 4 is 40.2 Å². The van der Waals surface area contributed by atoms with Crippen LogP contribution in [0.4, 0.5) is 5.69 Å². The molecule has 2 fully saturated rings. The quantitative estimate of drug-likeness (QED) is 0.795. The van der Waals surface area contributed by atoms with Gasteiger partial charge in [-0.1, -0.05) is 13.8 Å². The molecule has 2 aliphatic heterocycles. The van der Waals surface area contributed by atoms with Crippen molar-refractivity contribution < 1.29 is 9.59 Å². The number of nitriles is 1. The van der Waals surface area contributed by atoms with E-state index in [-0.39, 0.29) is 18.4 Å². The first-order chi connectivity index (χ1) is 14.5. The molecule has 0 aliphatic carbocycles. The Labute approximate surface area is 180 Å². The van der Waals surface area contributed by atoms with Crippen molar-refractivity contribution in [1.82, 2.24) is 15.2 Å². The Bertz CT molecular complexity index is 1010. The number of aromatic nitrogens is 1. The zero-order chi connectivity index (χ0) is 21.3. The second-order valence-corrected chi connectivity index (χ2v) is 9.16. The largest absolute Gasteiger partial charge is 0.371 e. The zero-order valence-electron chi connectivity index (χ0n) is 17.2. The number of amides is 2. The van der Waals surface area contributed by atoms with Gasteiger partial charge in [-0.3, -0.25) is 14.6 Å². The van der Waals surface area contributed by atoms with Crippen LogP contribution >= 0.6 is 11.8 Å². The molecule has 1 aromatic carbocycles. The number of thioether (sulfide) groups is 1. The summed E-state index contributed by atoms with van der Waals surface area (Å²) in [7, 11) is 0. The summed E-state index contributed by atoms with van der Waals surface area (Å²) in [5.74, 6) is 1.92. The molecule has 2 amide bonds. The van der Waals surface area contributed by atoms with Crippen LogP contribution in [-0.4, -0.2) is 59.0 Å². The Balaban J connectivity index is 1.48. The maximum Gasteiger partial charge on any atom is 0.252 e. The van der Waals surface area contributed by atoms with Gasteiger partial charge in [-0.05, 0) is 36.1 Å². The van der Waals surface area contributed by atoms with Gasteiger partial charge in [-0.25, -0.2) is 0 Å². The minimum atomic E-state index is -0.421. The summed E-state index contributed by atoms with van der Waals surface area (Å²) in [6.45, 7) is 6.41. The van der Waals surface area contributed by atoms with Gasteiger partial charge in [-0.15, -0.1) is 11.8 Å². The summed E-state index contributed by atoms with van der Waals surface area (Å²) < 4.78 is 0. The van der Waals surface area contributed by atoms with E-state index in [0.717, 1.165) is 29.7 Å². The van der Waals surface area contributed by atoms with Crippen LogP contribution in [0, 0.1) is 23.2 Å². The van der Waals surface area contributed by atoms with E-state index < -0.39 is 6.04 Å². The minimum Gasteiger partial charge on any atom is -0.371 e. The number of carbonyl (C=O) groups excluding carboxylic acids is 2. The normalized spacial score (nSPS) is 19.1. The number of anilines is 1. The van der Waals surface area contributed by atoms with Gasteiger partial charge in [-0.2, -0.15) is 5.26 Å². The van der Waals surface area contributed by atoms with Gasteiger partial charge >= 0.3 is 0 Å². The average Bonchev–Trinajstić information content (AvgIpc) is 3.19. The molecule has 8 heteroatoms. The number of carbonyl (C=O) groups is 2. The van der Waals surface area contributed by atoms with Gasteiger partial charge in [0, 0.05) is 36.1 Å². The lowest BCUT2D eigenvalue weighted by Gasteiger charge is -2.43. The molecule has 2 saturated heterocycles. The number of benzene rings is 1. The molecule has 3 heterocycles. The fourth-order valence-electron chi connectivity index (χ4n) is 3.82. The molecule has 0 saturated carbocycles. The fourth-order valence-corrected chi connectivity index (χ4v) is 4.93. The first kappa shape index (κ1) is 20.5. The lowest BCUT2D eigenvalue weighted by Crippen LogP contribution is -2.49. The Morgan fingerprint density at radius 3 is 2.87 bits per heavy atom. The van der Waals surface area contributed by atoms with Crippen molar-refractivity contribution in [3.8, 4) is 6.07 Å². The molecule has 1 N–H and O–H groups in total. The van der Waals surface area contributed by atoms with Gasteiger partial charge in [0.25, 0.3) is 5.91 Å². The van der Waals surface area contributed by atoms with E-state index in [2.05, 4.69) is 35.1 Å². The fraction of sp³-hybridized carbons (Fsp3) is 0.455. The molecule has 4 rings (SSSR count). The van der Waals surface area contributed by atoms with Crippen LogP contribution in [-0.2, 0) is 4.79 Å². The van der Waals surface area contributed by atoms with Gasteiger partial charge in [0.2, 0.25) is 5.91 Å².